The van der Waals surface area contributed by atoms with Crippen LogP contribution in [0.25, 0.3) is 0 Å². The summed E-state index contributed by atoms with van der Waals surface area (Å²) in [4.78, 5) is 0. The average Bonchev–Trinajstić information content (AvgIpc) is 3.19. The number of likely N-dealkylation sites (N-methyl/N-ethyl adjacent to an activating group) is 1. The zero-order chi connectivity index (χ0) is 12.8. The predicted octanol–water partition coefficient (Wildman–Crippen LogP) is 3.57. The van der Waals surface area contributed by atoms with Gasteiger partial charge in [-0.05, 0) is 43.0 Å². The zero-order valence-electron chi connectivity index (χ0n) is 11.0. The van der Waals surface area contributed by atoms with E-state index in [1.54, 1.807) is 0 Å². The van der Waals surface area contributed by atoms with Crippen molar-refractivity contribution in [3.05, 3.63) is 34.3 Å². The monoisotopic (exact) mass is 311 g/mol. The van der Waals surface area contributed by atoms with E-state index in [-0.39, 0.29) is 0 Å². The van der Waals surface area contributed by atoms with E-state index in [1.807, 2.05) is 0 Å². The van der Waals surface area contributed by atoms with Crippen molar-refractivity contribution >= 4 is 15.9 Å². The summed E-state index contributed by atoms with van der Waals surface area (Å²) in [5.41, 5.74) is 1.36. The molecule has 1 atom stereocenters. The number of halogens is 1. The van der Waals surface area contributed by atoms with Gasteiger partial charge in [0, 0.05) is 23.5 Å². The fourth-order valence-corrected chi connectivity index (χ4v) is 2.25. The Morgan fingerprint density at radius 2 is 2.06 bits per heavy atom. The molecule has 0 heterocycles. The number of hydrogen-bond acceptors (Lipinski definition) is 2. The topological polar surface area (TPSA) is 21.3 Å². The summed E-state index contributed by atoms with van der Waals surface area (Å²) < 4.78 is 6.98. The van der Waals surface area contributed by atoms with Crippen LogP contribution in [0.3, 0.4) is 0 Å². The molecule has 1 aromatic rings. The van der Waals surface area contributed by atoms with Gasteiger partial charge in [0.25, 0.3) is 0 Å². The van der Waals surface area contributed by atoms with Crippen LogP contribution in [0.5, 0.6) is 0 Å². The van der Waals surface area contributed by atoms with Crippen molar-refractivity contribution in [1.29, 1.82) is 0 Å². The Labute approximate surface area is 118 Å². The second kappa shape index (κ2) is 7.27. The summed E-state index contributed by atoms with van der Waals surface area (Å²) in [6.45, 7) is 5.91. The van der Waals surface area contributed by atoms with E-state index in [9.17, 15) is 0 Å². The third-order valence-electron chi connectivity index (χ3n) is 3.35. The first kappa shape index (κ1) is 14.0. The molecule has 0 bridgehead atoms. The lowest BCUT2D eigenvalue weighted by Crippen LogP contribution is -2.24. The predicted molar refractivity (Wildman–Crippen MR) is 79.0 cm³/mol. The van der Waals surface area contributed by atoms with Crippen molar-refractivity contribution in [3.8, 4) is 0 Å². The smallest absolute Gasteiger partial charge is 0.0547 e. The van der Waals surface area contributed by atoms with Gasteiger partial charge >= 0.3 is 0 Å². The largest absolute Gasteiger partial charge is 0.380 e. The minimum atomic E-state index is 0.455. The molecule has 1 aliphatic carbocycles. The van der Waals surface area contributed by atoms with Gasteiger partial charge in [0.15, 0.2) is 0 Å². The average molecular weight is 312 g/mol. The van der Waals surface area contributed by atoms with Crippen LogP contribution in [0, 0.1) is 5.92 Å². The van der Waals surface area contributed by atoms with E-state index in [4.69, 9.17) is 4.74 Å². The fraction of sp³-hybridized carbons (Fsp3) is 0.600. The summed E-state index contributed by atoms with van der Waals surface area (Å²) in [6, 6.07) is 8.59. The Balaban J connectivity index is 1.87. The molecular formula is C15H22BrNO. The van der Waals surface area contributed by atoms with Crippen molar-refractivity contribution in [3.63, 3.8) is 0 Å². The van der Waals surface area contributed by atoms with E-state index in [0.29, 0.717) is 5.92 Å². The van der Waals surface area contributed by atoms with Crippen LogP contribution in [0.2, 0.25) is 0 Å². The van der Waals surface area contributed by atoms with Crippen LogP contribution < -0.4 is 5.32 Å². The molecule has 1 N–H and O–H groups in total. The lowest BCUT2D eigenvalue weighted by molar-refractivity contribution is 0.110. The normalized spacial score (nSPS) is 16.8. The van der Waals surface area contributed by atoms with E-state index in [0.717, 1.165) is 36.7 Å². The van der Waals surface area contributed by atoms with E-state index in [1.165, 1.54) is 18.4 Å². The molecule has 0 spiro atoms. The van der Waals surface area contributed by atoms with Gasteiger partial charge in [0.2, 0.25) is 0 Å². The number of ether oxygens (including phenoxy) is 1. The molecule has 2 rings (SSSR count). The first-order chi connectivity index (χ1) is 8.79. The zero-order valence-corrected chi connectivity index (χ0v) is 12.6. The molecule has 100 valence electrons. The maximum atomic E-state index is 5.85. The number of nitrogens with one attached hydrogen (secondary N) is 1. The Morgan fingerprint density at radius 3 is 2.67 bits per heavy atom. The molecule has 0 aliphatic heterocycles. The van der Waals surface area contributed by atoms with E-state index in [2.05, 4.69) is 52.4 Å². The van der Waals surface area contributed by atoms with Crippen molar-refractivity contribution in [1.82, 2.24) is 5.32 Å². The standard InChI is InChI=1S/C15H22BrNO/c1-2-17-9-14(11-18-10-12-3-4-12)13-5-7-15(16)8-6-13/h5-8,12,14,17H,2-4,9-11H2,1H3. The Kier molecular flexibility index (Phi) is 5.67. The van der Waals surface area contributed by atoms with Crippen LogP contribution in [0.1, 0.15) is 31.2 Å². The molecule has 1 aliphatic rings. The minimum absolute atomic E-state index is 0.455. The van der Waals surface area contributed by atoms with Gasteiger partial charge in [-0.3, -0.25) is 0 Å². The highest BCUT2D eigenvalue weighted by Crippen LogP contribution is 2.29. The summed E-state index contributed by atoms with van der Waals surface area (Å²) >= 11 is 3.48. The maximum Gasteiger partial charge on any atom is 0.0547 e. The van der Waals surface area contributed by atoms with Gasteiger partial charge in [-0.25, -0.2) is 0 Å². The lowest BCUT2D eigenvalue weighted by atomic mass is 10.00. The second-order valence-electron chi connectivity index (χ2n) is 5.04. The molecule has 0 amide bonds. The third kappa shape index (κ3) is 4.71. The molecule has 0 radical (unpaired) electrons. The van der Waals surface area contributed by atoms with Crippen LogP contribution in [-0.4, -0.2) is 26.3 Å². The summed E-state index contributed by atoms with van der Waals surface area (Å²) in [7, 11) is 0. The SMILES string of the molecule is CCNCC(COCC1CC1)c1ccc(Br)cc1. The summed E-state index contributed by atoms with van der Waals surface area (Å²) in [6.07, 6.45) is 2.71. The molecule has 0 aromatic heterocycles. The van der Waals surface area contributed by atoms with Crippen LogP contribution in [0.4, 0.5) is 0 Å². The fourth-order valence-electron chi connectivity index (χ4n) is 1.99. The van der Waals surface area contributed by atoms with E-state index >= 15 is 0 Å². The van der Waals surface area contributed by atoms with Gasteiger partial charge in [-0.15, -0.1) is 0 Å². The van der Waals surface area contributed by atoms with Gasteiger partial charge in [-0.2, -0.15) is 0 Å². The number of rotatable bonds is 8. The molecule has 1 saturated carbocycles. The Bertz CT molecular complexity index is 348. The molecule has 2 nitrogen and oxygen atoms in total. The highest BCUT2D eigenvalue weighted by molar-refractivity contribution is 9.10. The van der Waals surface area contributed by atoms with Crippen molar-refractivity contribution in [2.45, 2.75) is 25.7 Å². The molecular weight excluding hydrogens is 290 g/mol. The minimum Gasteiger partial charge on any atom is -0.380 e. The number of hydrogen-bond donors (Lipinski definition) is 1. The van der Waals surface area contributed by atoms with Gasteiger partial charge in [0.05, 0.1) is 6.61 Å². The summed E-state index contributed by atoms with van der Waals surface area (Å²) in [5, 5.41) is 3.42. The Morgan fingerprint density at radius 1 is 1.33 bits per heavy atom. The van der Waals surface area contributed by atoms with Gasteiger partial charge in [0.1, 0.15) is 0 Å². The lowest BCUT2D eigenvalue weighted by Gasteiger charge is -2.18. The second-order valence-corrected chi connectivity index (χ2v) is 5.95. The molecule has 18 heavy (non-hydrogen) atoms. The first-order valence-electron chi connectivity index (χ1n) is 6.83. The number of benzene rings is 1. The first-order valence-corrected chi connectivity index (χ1v) is 7.62. The Hall–Kier alpha value is -0.380. The molecule has 1 unspecified atom stereocenters. The van der Waals surface area contributed by atoms with Crippen LogP contribution in [-0.2, 0) is 4.74 Å². The van der Waals surface area contributed by atoms with Crippen LogP contribution >= 0.6 is 15.9 Å². The van der Waals surface area contributed by atoms with Crippen molar-refractivity contribution in [2.75, 3.05) is 26.3 Å². The third-order valence-corrected chi connectivity index (χ3v) is 3.88. The maximum absolute atomic E-state index is 5.85. The molecule has 1 aromatic carbocycles. The van der Waals surface area contributed by atoms with E-state index < -0.39 is 0 Å². The highest BCUT2D eigenvalue weighted by Gasteiger charge is 2.22. The highest BCUT2D eigenvalue weighted by atomic mass is 79.9. The van der Waals surface area contributed by atoms with Gasteiger partial charge in [-0.1, -0.05) is 35.0 Å². The molecule has 0 saturated heterocycles. The molecule has 1 fully saturated rings. The summed E-state index contributed by atoms with van der Waals surface area (Å²) in [5.74, 6) is 1.30. The van der Waals surface area contributed by atoms with Gasteiger partial charge < -0.3 is 10.1 Å². The van der Waals surface area contributed by atoms with Crippen LogP contribution in [0.15, 0.2) is 28.7 Å². The molecule has 3 heteroatoms. The van der Waals surface area contributed by atoms with Crippen molar-refractivity contribution < 1.29 is 4.74 Å². The van der Waals surface area contributed by atoms with Crippen molar-refractivity contribution in [2.24, 2.45) is 5.92 Å². The quantitative estimate of drug-likeness (QED) is 0.792.